The molecule has 2 aromatic rings. The summed E-state index contributed by atoms with van der Waals surface area (Å²) in [4.78, 5) is 30.0. The van der Waals surface area contributed by atoms with Crippen molar-refractivity contribution in [3.05, 3.63) is 52.7 Å². The van der Waals surface area contributed by atoms with Crippen LogP contribution in [-0.2, 0) is 11.3 Å². The first-order chi connectivity index (χ1) is 13.6. The summed E-state index contributed by atoms with van der Waals surface area (Å²) in [5.74, 6) is 0.0167. The average molecular weight is 407 g/mol. The fraction of sp³-hybridized carbons (Fsp3) is 0.350. The lowest BCUT2D eigenvalue weighted by atomic mass is 10.0. The second kappa shape index (κ2) is 7.73. The molecule has 0 saturated carbocycles. The summed E-state index contributed by atoms with van der Waals surface area (Å²) in [6, 6.07) is 6.10. The number of benzene rings is 1. The van der Waals surface area contributed by atoms with Crippen molar-refractivity contribution in [2.45, 2.75) is 39.5 Å². The van der Waals surface area contributed by atoms with Crippen molar-refractivity contribution < 1.29 is 27.5 Å². The number of hydrogen-bond acceptors (Lipinski definition) is 4. The highest BCUT2D eigenvalue weighted by Gasteiger charge is 2.34. The number of hydrogen-bond donors (Lipinski definition) is 1. The van der Waals surface area contributed by atoms with Crippen LogP contribution in [0.4, 0.5) is 19.0 Å². The number of amides is 2. The number of carbonyl (C=O) groups is 2. The largest absolute Gasteiger partial charge is 0.484 e. The molecule has 1 aliphatic heterocycles. The van der Waals surface area contributed by atoms with Gasteiger partial charge in [0.05, 0.1) is 12.6 Å². The second-order valence-corrected chi connectivity index (χ2v) is 6.90. The number of pyridine rings is 1. The van der Waals surface area contributed by atoms with Crippen LogP contribution in [0.15, 0.2) is 30.5 Å². The molecule has 1 aromatic heterocycles. The molecular formula is C20H20F3N3O3. The molecule has 154 valence electrons. The minimum Gasteiger partial charge on any atom is -0.484 e. The maximum Gasteiger partial charge on any atom is 0.422 e. The van der Waals surface area contributed by atoms with Gasteiger partial charge < -0.3 is 15.0 Å². The first-order valence-electron chi connectivity index (χ1n) is 8.93. The lowest BCUT2D eigenvalue weighted by Crippen LogP contribution is -2.27. The van der Waals surface area contributed by atoms with Crippen molar-refractivity contribution in [1.82, 2.24) is 9.88 Å². The molecule has 0 radical (unpaired) electrons. The van der Waals surface area contributed by atoms with Crippen LogP contribution in [0, 0.1) is 6.92 Å². The van der Waals surface area contributed by atoms with Crippen LogP contribution >= 0.6 is 0 Å². The zero-order valence-electron chi connectivity index (χ0n) is 16.1. The van der Waals surface area contributed by atoms with Gasteiger partial charge in [-0.3, -0.25) is 9.59 Å². The zero-order chi connectivity index (χ0) is 21.3. The van der Waals surface area contributed by atoms with E-state index in [2.05, 4.69) is 10.3 Å². The van der Waals surface area contributed by atoms with Crippen LogP contribution in [-0.4, -0.2) is 34.5 Å². The summed E-state index contributed by atoms with van der Waals surface area (Å²) in [5.41, 5.74) is 2.42. The summed E-state index contributed by atoms with van der Waals surface area (Å²) in [7, 11) is 0. The molecule has 3 rings (SSSR count). The zero-order valence-corrected chi connectivity index (χ0v) is 16.1. The SMILES string of the molecule is CC(=O)Nc1nccc2c1CN(C(C)c1ccc(OCC(F)(F)F)c(C)c1)C2=O. The van der Waals surface area contributed by atoms with E-state index in [0.29, 0.717) is 22.5 Å². The Kier molecular flexibility index (Phi) is 5.50. The normalized spacial score (nSPS) is 14.6. The first-order valence-corrected chi connectivity index (χ1v) is 8.93. The highest BCUT2D eigenvalue weighted by atomic mass is 19.4. The van der Waals surface area contributed by atoms with Gasteiger partial charge in [-0.15, -0.1) is 0 Å². The van der Waals surface area contributed by atoms with E-state index >= 15 is 0 Å². The van der Waals surface area contributed by atoms with E-state index in [-0.39, 0.29) is 30.2 Å². The number of nitrogens with one attached hydrogen (secondary N) is 1. The summed E-state index contributed by atoms with van der Waals surface area (Å²) in [5, 5.41) is 2.63. The Balaban J connectivity index is 1.80. The van der Waals surface area contributed by atoms with Gasteiger partial charge >= 0.3 is 6.18 Å². The van der Waals surface area contributed by atoms with Gasteiger partial charge in [-0.1, -0.05) is 12.1 Å². The lowest BCUT2D eigenvalue weighted by molar-refractivity contribution is -0.153. The van der Waals surface area contributed by atoms with E-state index in [0.717, 1.165) is 5.56 Å². The van der Waals surface area contributed by atoms with Gasteiger partial charge in [0.1, 0.15) is 11.6 Å². The molecule has 1 aromatic carbocycles. The van der Waals surface area contributed by atoms with Gasteiger partial charge in [0, 0.05) is 24.2 Å². The number of nitrogens with zero attached hydrogens (tertiary/aromatic N) is 2. The molecule has 9 heteroatoms. The Morgan fingerprint density at radius 2 is 2.07 bits per heavy atom. The minimum atomic E-state index is -4.41. The van der Waals surface area contributed by atoms with Crippen molar-refractivity contribution in [1.29, 1.82) is 0 Å². The smallest absolute Gasteiger partial charge is 0.422 e. The van der Waals surface area contributed by atoms with Gasteiger partial charge in [-0.25, -0.2) is 4.98 Å². The molecule has 0 saturated heterocycles. The molecule has 29 heavy (non-hydrogen) atoms. The molecule has 1 aliphatic rings. The van der Waals surface area contributed by atoms with Gasteiger partial charge in [0.2, 0.25) is 5.91 Å². The predicted octanol–water partition coefficient (Wildman–Crippen LogP) is 4.01. The number of halogens is 3. The van der Waals surface area contributed by atoms with Gasteiger partial charge in [-0.2, -0.15) is 13.2 Å². The summed E-state index contributed by atoms with van der Waals surface area (Å²) in [6.07, 6.45) is -2.95. The third kappa shape index (κ3) is 4.49. The first kappa shape index (κ1) is 20.6. The molecule has 2 amide bonds. The van der Waals surface area contributed by atoms with E-state index in [1.165, 1.54) is 19.2 Å². The number of carbonyl (C=O) groups excluding carboxylic acids is 2. The molecular weight excluding hydrogens is 387 g/mol. The Morgan fingerprint density at radius 3 is 2.69 bits per heavy atom. The number of ether oxygens (including phenoxy) is 1. The summed E-state index contributed by atoms with van der Waals surface area (Å²) >= 11 is 0. The standard InChI is InChI=1S/C20H20F3N3O3/c1-11-8-14(4-5-17(11)29-10-20(21,22)23)12(2)26-9-16-15(19(26)28)6-7-24-18(16)25-13(3)27/h4-8,12H,9-10H2,1-3H3,(H,24,25,27). The summed E-state index contributed by atoms with van der Waals surface area (Å²) < 4.78 is 41.9. The molecule has 0 aliphatic carbocycles. The molecule has 0 fully saturated rings. The highest BCUT2D eigenvalue weighted by molar-refractivity contribution is 6.01. The average Bonchev–Trinajstić information content (AvgIpc) is 2.97. The topological polar surface area (TPSA) is 71.5 Å². The number of alkyl halides is 3. The number of rotatable bonds is 5. The van der Waals surface area contributed by atoms with E-state index in [1.807, 2.05) is 6.92 Å². The van der Waals surface area contributed by atoms with Crippen LogP contribution in [0.2, 0.25) is 0 Å². The lowest BCUT2D eigenvalue weighted by Gasteiger charge is -2.25. The molecule has 0 spiro atoms. The highest BCUT2D eigenvalue weighted by Crippen LogP contribution is 2.35. The molecule has 6 nitrogen and oxygen atoms in total. The third-order valence-electron chi connectivity index (χ3n) is 4.71. The van der Waals surface area contributed by atoms with Gasteiger partial charge in [0.15, 0.2) is 6.61 Å². The molecule has 1 unspecified atom stereocenters. The van der Waals surface area contributed by atoms with Crippen LogP contribution in [0.5, 0.6) is 5.75 Å². The van der Waals surface area contributed by atoms with Crippen molar-refractivity contribution >= 4 is 17.6 Å². The fourth-order valence-corrected chi connectivity index (χ4v) is 3.27. The Hall–Kier alpha value is -3.10. The van der Waals surface area contributed by atoms with Crippen molar-refractivity contribution in [2.75, 3.05) is 11.9 Å². The molecule has 2 heterocycles. The molecule has 0 bridgehead atoms. The van der Waals surface area contributed by atoms with Gasteiger partial charge in [-0.05, 0) is 37.1 Å². The van der Waals surface area contributed by atoms with Crippen LogP contribution in [0.3, 0.4) is 0 Å². The summed E-state index contributed by atoms with van der Waals surface area (Å²) in [6.45, 7) is 3.76. The maximum atomic E-state index is 12.8. The van der Waals surface area contributed by atoms with Crippen LogP contribution < -0.4 is 10.1 Å². The Labute approximate surface area is 165 Å². The Bertz CT molecular complexity index is 960. The number of fused-ring (bicyclic) bond motifs is 1. The second-order valence-electron chi connectivity index (χ2n) is 6.90. The maximum absolute atomic E-state index is 12.8. The molecule has 1 atom stereocenters. The van der Waals surface area contributed by atoms with E-state index in [1.54, 1.807) is 30.0 Å². The van der Waals surface area contributed by atoms with E-state index < -0.39 is 12.8 Å². The monoisotopic (exact) mass is 407 g/mol. The predicted molar refractivity (Wildman–Crippen MR) is 99.6 cm³/mol. The fourth-order valence-electron chi connectivity index (χ4n) is 3.27. The van der Waals surface area contributed by atoms with Crippen LogP contribution in [0.1, 0.15) is 46.9 Å². The van der Waals surface area contributed by atoms with Crippen molar-refractivity contribution in [3.8, 4) is 5.75 Å². The van der Waals surface area contributed by atoms with E-state index in [4.69, 9.17) is 4.74 Å². The van der Waals surface area contributed by atoms with Crippen molar-refractivity contribution in [2.24, 2.45) is 0 Å². The molecule has 1 N–H and O–H groups in total. The quantitative estimate of drug-likeness (QED) is 0.813. The number of aromatic nitrogens is 1. The van der Waals surface area contributed by atoms with Crippen LogP contribution in [0.25, 0.3) is 0 Å². The third-order valence-corrected chi connectivity index (χ3v) is 4.71. The van der Waals surface area contributed by atoms with Crippen molar-refractivity contribution in [3.63, 3.8) is 0 Å². The number of aryl methyl sites for hydroxylation is 1. The van der Waals surface area contributed by atoms with Gasteiger partial charge in [0.25, 0.3) is 5.91 Å². The minimum absolute atomic E-state index is 0.145. The number of anilines is 1. The Morgan fingerprint density at radius 1 is 1.34 bits per heavy atom. The van der Waals surface area contributed by atoms with E-state index in [9.17, 15) is 22.8 Å².